The van der Waals surface area contributed by atoms with Crippen molar-refractivity contribution in [3.05, 3.63) is 35.4 Å². The van der Waals surface area contributed by atoms with Crippen molar-refractivity contribution in [3.8, 4) is 5.75 Å². The average Bonchev–Trinajstić information content (AvgIpc) is 2.38. The summed E-state index contributed by atoms with van der Waals surface area (Å²) in [6, 6.07) is 7.60. The molecule has 4 N–H and O–H groups in total. The molecular weight excluding hydrogens is 272 g/mol. The quantitative estimate of drug-likeness (QED) is 0.499. The highest BCUT2D eigenvalue weighted by Gasteiger charge is 2.02. The van der Waals surface area contributed by atoms with Crippen LogP contribution in [0.5, 0.6) is 5.75 Å². The Balaban J connectivity index is 1.82. The fourth-order valence-electron chi connectivity index (χ4n) is 1.62. The highest BCUT2D eigenvalue weighted by Crippen LogP contribution is 2.19. The number of hydrogen-bond acceptors (Lipinski definition) is 6. The molecule has 0 aliphatic heterocycles. The maximum Gasteiger partial charge on any atom is 0.191 e. The molecular formula is C14H18N4OS. The number of rotatable bonds is 5. The molecule has 2 aromatic rings. The molecule has 5 nitrogen and oxygen atoms in total. The number of benzene rings is 1. The zero-order valence-electron chi connectivity index (χ0n) is 11.6. The van der Waals surface area contributed by atoms with E-state index in [1.54, 1.807) is 0 Å². The molecule has 0 saturated carbocycles. The minimum Gasteiger partial charge on any atom is -0.493 e. The van der Waals surface area contributed by atoms with E-state index in [2.05, 4.69) is 29.9 Å². The highest BCUT2D eigenvalue weighted by molar-refractivity contribution is 7.99. The van der Waals surface area contributed by atoms with E-state index in [9.17, 15) is 0 Å². The Hall–Kier alpha value is -1.95. The largest absolute Gasteiger partial charge is 0.493 e. The molecule has 0 aliphatic rings. The van der Waals surface area contributed by atoms with E-state index < -0.39 is 0 Å². The van der Waals surface area contributed by atoms with Gasteiger partial charge in [0.15, 0.2) is 5.16 Å². The average molecular weight is 290 g/mol. The van der Waals surface area contributed by atoms with Gasteiger partial charge in [0.1, 0.15) is 17.4 Å². The lowest BCUT2D eigenvalue weighted by Gasteiger charge is -2.08. The van der Waals surface area contributed by atoms with Crippen LogP contribution in [0.3, 0.4) is 0 Å². The number of nitrogen functional groups attached to an aromatic ring is 2. The predicted molar refractivity (Wildman–Crippen MR) is 83.0 cm³/mol. The standard InChI is InChI=1S/C14H18N4OS/c1-9-3-4-11(7-10(9)2)19-5-6-20-14-17-12(15)8-13(16)18-14/h3-4,7-8H,5-6H2,1-2H3,(H4,15,16,17,18). The van der Waals surface area contributed by atoms with Crippen LogP contribution in [0.25, 0.3) is 0 Å². The molecule has 0 radical (unpaired) electrons. The minimum absolute atomic E-state index is 0.384. The van der Waals surface area contributed by atoms with Crippen LogP contribution >= 0.6 is 11.8 Å². The van der Waals surface area contributed by atoms with Gasteiger partial charge in [0, 0.05) is 11.8 Å². The van der Waals surface area contributed by atoms with Gasteiger partial charge in [0.25, 0.3) is 0 Å². The van der Waals surface area contributed by atoms with Crippen LogP contribution in [0.1, 0.15) is 11.1 Å². The normalized spacial score (nSPS) is 10.5. The van der Waals surface area contributed by atoms with Crippen LogP contribution < -0.4 is 16.2 Å². The van der Waals surface area contributed by atoms with Crippen molar-refractivity contribution >= 4 is 23.4 Å². The van der Waals surface area contributed by atoms with E-state index >= 15 is 0 Å². The van der Waals surface area contributed by atoms with Gasteiger partial charge in [0.2, 0.25) is 0 Å². The number of nitrogens with zero attached hydrogens (tertiary/aromatic N) is 2. The summed E-state index contributed by atoms with van der Waals surface area (Å²) in [5.74, 6) is 2.38. The van der Waals surface area contributed by atoms with Gasteiger partial charge in [-0.25, -0.2) is 9.97 Å². The molecule has 0 fully saturated rings. The maximum atomic E-state index is 5.69. The summed E-state index contributed by atoms with van der Waals surface area (Å²) in [6.07, 6.45) is 0. The lowest BCUT2D eigenvalue weighted by Crippen LogP contribution is -2.03. The van der Waals surface area contributed by atoms with Crippen molar-refractivity contribution in [2.45, 2.75) is 19.0 Å². The summed E-state index contributed by atoms with van der Waals surface area (Å²) < 4.78 is 5.69. The van der Waals surface area contributed by atoms with Gasteiger partial charge in [-0.15, -0.1) is 0 Å². The smallest absolute Gasteiger partial charge is 0.191 e. The van der Waals surface area contributed by atoms with E-state index in [4.69, 9.17) is 16.2 Å². The van der Waals surface area contributed by atoms with E-state index in [0.29, 0.717) is 23.4 Å². The molecule has 0 amide bonds. The first-order valence-corrected chi connectivity index (χ1v) is 7.26. The molecule has 0 spiro atoms. The third kappa shape index (κ3) is 4.03. The van der Waals surface area contributed by atoms with Crippen molar-refractivity contribution in [2.75, 3.05) is 23.8 Å². The Bertz CT molecular complexity index is 583. The molecule has 0 unspecified atom stereocenters. The van der Waals surface area contributed by atoms with Crippen molar-refractivity contribution in [1.82, 2.24) is 9.97 Å². The topological polar surface area (TPSA) is 87.0 Å². The molecule has 1 aromatic carbocycles. The van der Waals surface area contributed by atoms with Crippen molar-refractivity contribution in [3.63, 3.8) is 0 Å². The first kappa shape index (κ1) is 14.5. The molecule has 20 heavy (non-hydrogen) atoms. The SMILES string of the molecule is Cc1ccc(OCCSc2nc(N)cc(N)n2)cc1C. The van der Waals surface area contributed by atoms with Gasteiger partial charge in [-0.05, 0) is 37.1 Å². The Morgan fingerprint density at radius 1 is 1.05 bits per heavy atom. The van der Waals surface area contributed by atoms with E-state index in [1.807, 2.05) is 12.1 Å². The molecule has 6 heteroatoms. The second-order valence-corrected chi connectivity index (χ2v) is 5.51. The summed E-state index contributed by atoms with van der Waals surface area (Å²) in [6.45, 7) is 4.72. The predicted octanol–water partition coefficient (Wildman–Crippen LogP) is 2.43. The van der Waals surface area contributed by atoms with Crippen LogP contribution in [0.2, 0.25) is 0 Å². The highest BCUT2D eigenvalue weighted by atomic mass is 32.2. The van der Waals surface area contributed by atoms with E-state index in [0.717, 1.165) is 11.5 Å². The van der Waals surface area contributed by atoms with Crippen LogP contribution in [0.4, 0.5) is 11.6 Å². The third-order valence-electron chi connectivity index (χ3n) is 2.81. The van der Waals surface area contributed by atoms with Gasteiger partial charge < -0.3 is 16.2 Å². The summed E-state index contributed by atoms with van der Waals surface area (Å²) in [7, 11) is 0. The van der Waals surface area contributed by atoms with Crippen molar-refractivity contribution in [1.29, 1.82) is 0 Å². The second kappa shape index (κ2) is 6.47. The molecule has 106 valence electrons. The third-order valence-corrected chi connectivity index (χ3v) is 3.62. The molecule has 0 atom stereocenters. The zero-order valence-corrected chi connectivity index (χ0v) is 12.4. The van der Waals surface area contributed by atoms with Gasteiger partial charge in [0.05, 0.1) is 6.61 Å². The molecule has 0 bridgehead atoms. The lowest BCUT2D eigenvalue weighted by molar-refractivity contribution is 0.343. The van der Waals surface area contributed by atoms with Gasteiger partial charge in [-0.1, -0.05) is 17.8 Å². The zero-order chi connectivity index (χ0) is 14.5. The van der Waals surface area contributed by atoms with E-state index in [1.165, 1.54) is 29.0 Å². The minimum atomic E-state index is 0.384. The van der Waals surface area contributed by atoms with Gasteiger partial charge >= 0.3 is 0 Å². The summed E-state index contributed by atoms with van der Waals surface area (Å²) in [4.78, 5) is 8.20. The molecule has 2 rings (SSSR count). The van der Waals surface area contributed by atoms with Crippen LogP contribution in [0, 0.1) is 13.8 Å². The first-order chi connectivity index (χ1) is 9.54. The number of ether oxygens (including phenoxy) is 1. The van der Waals surface area contributed by atoms with E-state index in [-0.39, 0.29) is 0 Å². The number of aromatic nitrogens is 2. The fourth-order valence-corrected chi connectivity index (χ4v) is 2.31. The monoisotopic (exact) mass is 290 g/mol. The molecule has 0 aliphatic carbocycles. The van der Waals surface area contributed by atoms with Crippen LogP contribution in [-0.4, -0.2) is 22.3 Å². The molecule has 1 aromatic heterocycles. The number of hydrogen-bond donors (Lipinski definition) is 2. The second-order valence-electron chi connectivity index (χ2n) is 4.44. The number of aryl methyl sites for hydroxylation is 2. The molecule has 0 saturated heterocycles. The van der Waals surface area contributed by atoms with Crippen molar-refractivity contribution in [2.24, 2.45) is 0 Å². The van der Waals surface area contributed by atoms with Crippen LogP contribution in [0.15, 0.2) is 29.4 Å². The maximum absolute atomic E-state index is 5.69. The number of nitrogens with two attached hydrogens (primary N) is 2. The number of anilines is 2. The Kier molecular flexibility index (Phi) is 4.68. The summed E-state index contributed by atoms with van der Waals surface area (Å²) in [5, 5.41) is 0.575. The lowest BCUT2D eigenvalue weighted by atomic mass is 10.1. The summed E-state index contributed by atoms with van der Waals surface area (Å²) in [5.41, 5.74) is 13.7. The Morgan fingerprint density at radius 3 is 2.40 bits per heavy atom. The summed E-state index contributed by atoms with van der Waals surface area (Å²) >= 11 is 1.47. The van der Waals surface area contributed by atoms with Gasteiger partial charge in [-0.3, -0.25) is 0 Å². The van der Waals surface area contributed by atoms with Crippen LogP contribution in [-0.2, 0) is 0 Å². The molecule has 1 heterocycles. The fraction of sp³-hybridized carbons (Fsp3) is 0.286. The van der Waals surface area contributed by atoms with Crippen molar-refractivity contribution < 1.29 is 4.74 Å². The van der Waals surface area contributed by atoms with Gasteiger partial charge in [-0.2, -0.15) is 0 Å². The number of thioether (sulfide) groups is 1. The Morgan fingerprint density at radius 2 is 1.75 bits per heavy atom. The first-order valence-electron chi connectivity index (χ1n) is 6.27. The Labute approximate surface area is 122 Å².